The number of benzene rings is 1. The molecule has 0 aliphatic carbocycles. The van der Waals surface area contributed by atoms with Gasteiger partial charge in [0.1, 0.15) is 16.6 Å². The minimum Gasteiger partial charge on any atom is -0.506 e. The zero-order valence-corrected chi connectivity index (χ0v) is 8.72. The maximum absolute atomic E-state index is 13.2. The Hall–Kier alpha value is -0.840. The molecule has 0 saturated carbocycles. The molecule has 1 unspecified atom stereocenters. The van der Waals surface area contributed by atoms with Gasteiger partial charge in [0.2, 0.25) is 0 Å². The topological polar surface area (TPSA) is 41.5 Å². The normalized spacial score (nSPS) is 21.6. The van der Waals surface area contributed by atoms with E-state index in [2.05, 4.69) is 5.32 Å². The molecule has 2 N–H and O–H groups in total. The van der Waals surface area contributed by atoms with Crippen LogP contribution in [0.4, 0.5) is 4.39 Å². The lowest BCUT2D eigenvalue weighted by molar-refractivity contribution is 0.0767. The van der Waals surface area contributed by atoms with Crippen LogP contribution in [0.3, 0.4) is 0 Å². The second kappa shape index (κ2) is 4.35. The van der Waals surface area contributed by atoms with Crippen molar-refractivity contribution >= 4 is 11.6 Å². The van der Waals surface area contributed by atoms with Gasteiger partial charge in [0, 0.05) is 6.54 Å². The number of aromatic hydroxyl groups is 1. The number of ether oxygens (including phenoxy) is 1. The Labute approximate surface area is 91.8 Å². The molecule has 5 heteroatoms. The Morgan fingerprint density at radius 2 is 2.33 bits per heavy atom. The van der Waals surface area contributed by atoms with Crippen LogP contribution in [0, 0.1) is 5.82 Å². The number of morpholine rings is 1. The van der Waals surface area contributed by atoms with Crippen molar-refractivity contribution in [2.75, 3.05) is 19.8 Å². The summed E-state index contributed by atoms with van der Waals surface area (Å²) in [6.45, 7) is 1.84. The summed E-state index contributed by atoms with van der Waals surface area (Å²) in [5.74, 6) is -0.849. The second-order valence-corrected chi connectivity index (χ2v) is 3.80. The van der Waals surface area contributed by atoms with Gasteiger partial charge in [-0.1, -0.05) is 11.6 Å². The van der Waals surface area contributed by atoms with Crippen molar-refractivity contribution in [3.8, 4) is 5.75 Å². The molecule has 1 heterocycles. The lowest BCUT2D eigenvalue weighted by atomic mass is 10.1. The molecular formula is C10H11ClFNO2. The Bertz CT molecular complexity index is 343. The molecule has 1 fully saturated rings. The lowest BCUT2D eigenvalue weighted by Crippen LogP contribution is -2.34. The molecule has 82 valence electrons. The highest BCUT2D eigenvalue weighted by Gasteiger charge is 2.18. The molecule has 2 rings (SSSR count). The van der Waals surface area contributed by atoms with E-state index in [-0.39, 0.29) is 16.8 Å². The molecule has 3 nitrogen and oxygen atoms in total. The van der Waals surface area contributed by atoms with Gasteiger partial charge < -0.3 is 15.2 Å². The van der Waals surface area contributed by atoms with E-state index in [1.165, 1.54) is 12.1 Å². The van der Waals surface area contributed by atoms with Crippen molar-refractivity contribution < 1.29 is 14.2 Å². The van der Waals surface area contributed by atoms with Gasteiger partial charge in [-0.15, -0.1) is 0 Å². The quantitative estimate of drug-likeness (QED) is 0.775. The highest BCUT2D eigenvalue weighted by molar-refractivity contribution is 6.32. The summed E-state index contributed by atoms with van der Waals surface area (Å²) >= 11 is 5.51. The van der Waals surface area contributed by atoms with E-state index < -0.39 is 5.82 Å². The number of rotatable bonds is 1. The summed E-state index contributed by atoms with van der Waals surface area (Å²) in [6.07, 6.45) is 0. The minimum absolute atomic E-state index is 0.0867. The van der Waals surface area contributed by atoms with E-state index in [1.807, 2.05) is 0 Å². The largest absolute Gasteiger partial charge is 0.506 e. The summed E-state index contributed by atoms with van der Waals surface area (Å²) in [7, 11) is 0. The Balaban J connectivity index is 2.27. The van der Waals surface area contributed by atoms with Crippen molar-refractivity contribution in [1.29, 1.82) is 0 Å². The van der Waals surface area contributed by atoms with Crippen LogP contribution in [0.5, 0.6) is 5.75 Å². The van der Waals surface area contributed by atoms with Gasteiger partial charge in [0.05, 0.1) is 19.3 Å². The Morgan fingerprint density at radius 1 is 1.53 bits per heavy atom. The van der Waals surface area contributed by atoms with Gasteiger partial charge in [0.25, 0.3) is 0 Å². The molecule has 0 aromatic heterocycles. The molecule has 1 aromatic rings. The smallest absolute Gasteiger partial charge is 0.145 e. The van der Waals surface area contributed by atoms with Gasteiger partial charge in [-0.25, -0.2) is 4.39 Å². The van der Waals surface area contributed by atoms with Crippen LogP contribution >= 0.6 is 11.6 Å². The fourth-order valence-corrected chi connectivity index (χ4v) is 1.68. The molecule has 0 radical (unpaired) electrons. The fourth-order valence-electron chi connectivity index (χ4n) is 1.58. The number of phenolic OH excluding ortho intramolecular Hbond substituents is 1. The number of nitrogens with one attached hydrogen (secondary N) is 1. The number of halogens is 2. The van der Waals surface area contributed by atoms with Crippen LogP contribution in [0.15, 0.2) is 12.1 Å². The first kappa shape index (κ1) is 10.7. The number of hydrogen-bond acceptors (Lipinski definition) is 3. The SMILES string of the molecule is Oc1cc(C2COCCN2)cc(F)c1Cl. The summed E-state index contributed by atoms with van der Waals surface area (Å²) in [6, 6.07) is 2.68. The fraction of sp³-hybridized carbons (Fsp3) is 0.400. The molecule has 1 atom stereocenters. The third kappa shape index (κ3) is 2.22. The third-order valence-corrected chi connectivity index (χ3v) is 2.73. The average molecular weight is 232 g/mol. The first-order valence-corrected chi connectivity index (χ1v) is 5.05. The summed E-state index contributed by atoms with van der Waals surface area (Å²) < 4.78 is 18.5. The molecule has 15 heavy (non-hydrogen) atoms. The van der Waals surface area contributed by atoms with Gasteiger partial charge in [0.15, 0.2) is 0 Å². The highest BCUT2D eigenvalue weighted by atomic mass is 35.5. The molecule has 1 aliphatic rings. The van der Waals surface area contributed by atoms with Crippen LogP contribution in [0.25, 0.3) is 0 Å². The average Bonchev–Trinajstić information content (AvgIpc) is 2.26. The van der Waals surface area contributed by atoms with E-state index in [4.69, 9.17) is 16.3 Å². The summed E-state index contributed by atoms with van der Waals surface area (Å²) in [5.41, 5.74) is 0.647. The second-order valence-electron chi connectivity index (χ2n) is 3.42. The van der Waals surface area contributed by atoms with Gasteiger partial charge in [-0.05, 0) is 17.7 Å². The molecule has 1 aliphatic heterocycles. The first-order chi connectivity index (χ1) is 7.18. The highest BCUT2D eigenvalue weighted by Crippen LogP contribution is 2.30. The zero-order valence-electron chi connectivity index (χ0n) is 7.96. The van der Waals surface area contributed by atoms with Crippen molar-refractivity contribution in [2.45, 2.75) is 6.04 Å². The van der Waals surface area contributed by atoms with Crippen molar-refractivity contribution in [3.05, 3.63) is 28.5 Å². The summed E-state index contributed by atoms with van der Waals surface area (Å²) in [4.78, 5) is 0. The Morgan fingerprint density at radius 3 is 2.93 bits per heavy atom. The van der Waals surface area contributed by atoms with Crippen LogP contribution in [-0.2, 0) is 4.74 Å². The third-order valence-electron chi connectivity index (χ3n) is 2.36. The molecule has 1 saturated heterocycles. The van der Waals surface area contributed by atoms with Crippen molar-refractivity contribution in [3.63, 3.8) is 0 Å². The van der Waals surface area contributed by atoms with Crippen molar-refractivity contribution in [2.24, 2.45) is 0 Å². The van der Waals surface area contributed by atoms with Crippen LogP contribution < -0.4 is 5.32 Å². The monoisotopic (exact) mass is 231 g/mol. The molecule has 0 bridgehead atoms. The predicted octanol–water partition coefficient (Wildman–Crippen LogP) is 1.85. The lowest BCUT2D eigenvalue weighted by Gasteiger charge is -2.24. The van der Waals surface area contributed by atoms with Gasteiger partial charge in [-0.3, -0.25) is 0 Å². The maximum atomic E-state index is 13.2. The van der Waals surface area contributed by atoms with Crippen LogP contribution in [0.1, 0.15) is 11.6 Å². The maximum Gasteiger partial charge on any atom is 0.145 e. The van der Waals surface area contributed by atoms with E-state index >= 15 is 0 Å². The van der Waals surface area contributed by atoms with E-state index in [9.17, 15) is 9.50 Å². The van der Waals surface area contributed by atoms with Crippen LogP contribution in [0.2, 0.25) is 5.02 Å². The van der Waals surface area contributed by atoms with Gasteiger partial charge in [-0.2, -0.15) is 0 Å². The van der Waals surface area contributed by atoms with Crippen LogP contribution in [-0.4, -0.2) is 24.9 Å². The standard InChI is InChI=1S/C10H11ClFNO2/c11-10-7(12)3-6(4-9(10)14)8-5-15-2-1-13-8/h3-4,8,13-14H,1-2,5H2. The number of hydrogen-bond donors (Lipinski definition) is 2. The van der Waals surface area contributed by atoms with E-state index in [0.29, 0.717) is 18.8 Å². The van der Waals surface area contributed by atoms with E-state index in [0.717, 1.165) is 6.54 Å². The summed E-state index contributed by atoms with van der Waals surface area (Å²) in [5, 5.41) is 12.3. The molecular weight excluding hydrogens is 221 g/mol. The first-order valence-electron chi connectivity index (χ1n) is 4.67. The van der Waals surface area contributed by atoms with E-state index in [1.54, 1.807) is 0 Å². The molecule has 1 aromatic carbocycles. The molecule has 0 amide bonds. The van der Waals surface area contributed by atoms with Gasteiger partial charge >= 0.3 is 0 Å². The van der Waals surface area contributed by atoms with Crippen molar-refractivity contribution in [1.82, 2.24) is 5.32 Å². The predicted molar refractivity (Wildman–Crippen MR) is 54.6 cm³/mol. The Kier molecular flexibility index (Phi) is 3.09. The zero-order chi connectivity index (χ0) is 10.8. The minimum atomic E-state index is -0.612. The number of phenols is 1. The molecule has 0 spiro atoms.